The molecule has 2 amide bonds. The summed E-state index contributed by atoms with van der Waals surface area (Å²) in [5, 5.41) is 0.685. The molecule has 0 saturated carbocycles. The number of carbonyl (C=O) groups is 2. The van der Waals surface area contributed by atoms with Crippen molar-refractivity contribution in [2.75, 3.05) is 32.8 Å². The van der Waals surface area contributed by atoms with Gasteiger partial charge in [0, 0.05) is 62.5 Å². The zero-order valence-electron chi connectivity index (χ0n) is 16.1. The number of ether oxygens (including phenoxy) is 1. The summed E-state index contributed by atoms with van der Waals surface area (Å²) in [5.41, 5.74) is 1.09. The maximum atomic E-state index is 12.9. The van der Waals surface area contributed by atoms with Gasteiger partial charge in [-0.15, -0.1) is 0 Å². The zero-order chi connectivity index (χ0) is 19.9. The van der Waals surface area contributed by atoms with Crippen LogP contribution in [0.3, 0.4) is 0 Å². The van der Waals surface area contributed by atoms with Gasteiger partial charge in [0.1, 0.15) is 0 Å². The summed E-state index contributed by atoms with van der Waals surface area (Å²) in [6.45, 7) is 4.97. The fourth-order valence-corrected chi connectivity index (χ4v) is 3.59. The molecular formula is C21H26ClN3O3. The minimum Gasteiger partial charge on any atom is -0.450 e. The van der Waals surface area contributed by atoms with Crippen molar-refractivity contribution < 1.29 is 14.3 Å². The van der Waals surface area contributed by atoms with Crippen LogP contribution in [0.2, 0.25) is 5.02 Å². The van der Waals surface area contributed by atoms with Gasteiger partial charge in [-0.3, -0.25) is 4.79 Å². The molecule has 1 aromatic carbocycles. The smallest absolute Gasteiger partial charge is 0.409 e. The molecule has 0 unspecified atom stereocenters. The summed E-state index contributed by atoms with van der Waals surface area (Å²) < 4.78 is 7.13. The van der Waals surface area contributed by atoms with E-state index in [1.165, 1.54) is 0 Å². The third-order valence-electron chi connectivity index (χ3n) is 5.02. The number of nitrogens with zero attached hydrogens (tertiary/aromatic N) is 3. The first-order chi connectivity index (χ1) is 13.6. The Labute approximate surface area is 170 Å². The highest BCUT2D eigenvalue weighted by Crippen LogP contribution is 2.25. The van der Waals surface area contributed by atoms with Crippen molar-refractivity contribution in [3.05, 3.63) is 59.4 Å². The van der Waals surface area contributed by atoms with E-state index in [0.717, 1.165) is 12.1 Å². The van der Waals surface area contributed by atoms with Crippen molar-refractivity contribution in [1.29, 1.82) is 0 Å². The fourth-order valence-electron chi connectivity index (χ4n) is 3.46. The predicted octanol–water partition coefficient (Wildman–Crippen LogP) is 3.62. The van der Waals surface area contributed by atoms with Gasteiger partial charge in [0.05, 0.1) is 6.61 Å². The first kappa shape index (κ1) is 20.3. The lowest BCUT2D eigenvalue weighted by atomic mass is 9.94. The number of carbonyl (C=O) groups excluding carboxylic acids is 2. The Kier molecular flexibility index (Phi) is 6.98. The van der Waals surface area contributed by atoms with Crippen LogP contribution in [-0.2, 0) is 16.1 Å². The highest BCUT2D eigenvalue weighted by Gasteiger charge is 2.27. The van der Waals surface area contributed by atoms with Crippen molar-refractivity contribution in [1.82, 2.24) is 14.4 Å². The molecule has 150 valence electrons. The molecule has 0 radical (unpaired) electrons. The van der Waals surface area contributed by atoms with Gasteiger partial charge in [-0.25, -0.2) is 4.79 Å². The molecule has 7 heteroatoms. The monoisotopic (exact) mass is 403 g/mol. The lowest BCUT2D eigenvalue weighted by molar-refractivity contribution is -0.133. The van der Waals surface area contributed by atoms with Crippen molar-refractivity contribution in [3.8, 4) is 0 Å². The van der Waals surface area contributed by atoms with E-state index in [1.54, 1.807) is 11.8 Å². The van der Waals surface area contributed by atoms with Gasteiger partial charge < -0.3 is 19.1 Å². The van der Waals surface area contributed by atoms with E-state index in [-0.39, 0.29) is 17.9 Å². The molecule has 6 nitrogen and oxygen atoms in total. The van der Waals surface area contributed by atoms with Crippen LogP contribution in [-0.4, -0.2) is 59.2 Å². The summed E-state index contributed by atoms with van der Waals surface area (Å²) in [4.78, 5) is 28.3. The molecule has 1 aliphatic rings. The van der Waals surface area contributed by atoms with E-state index in [1.807, 2.05) is 53.7 Å². The van der Waals surface area contributed by atoms with E-state index in [9.17, 15) is 9.59 Å². The van der Waals surface area contributed by atoms with Crippen LogP contribution >= 0.6 is 11.6 Å². The molecule has 0 spiro atoms. The molecule has 28 heavy (non-hydrogen) atoms. The van der Waals surface area contributed by atoms with Crippen LogP contribution in [0.15, 0.2) is 48.8 Å². The normalized spacial score (nSPS) is 15.4. The molecule has 0 bridgehead atoms. The maximum absolute atomic E-state index is 12.9. The molecule has 1 aromatic heterocycles. The second kappa shape index (κ2) is 9.64. The molecular weight excluding hydrogens is 378 g/mol. The van der Waals surface area contributed by atoms with Crippen LogP contribution in [0.25, 0.3) is 0 Å². The minimum atomic E-state index is -0.304. The standard InChI is InChI=1S/C21H26ClN3O3/c1-2-28-21(27)25-13-11-24(12-14-25)20(26)15-18(16-23-9-3-4-10-23)17-5-7-19(22)8-6-17/h3-10,18H,2,11-16H2,1H3/t18-/m0/s1. The fraction of sp³-hybridized carbons (Fsp3) is 0.429. The Morgan fingerprint density at radius 2 is 1.64 bits per heavy atom. The average Bonchev–Trinajstić information content (AvgIpc) is 3.21. The number of halogens is 1. The molecule has 1 fully saturated rings. The molecule has 1 saturated heterocycles. The molecule has 2 heterocycles. The zero-order valence-corrected chi connectivity index (χ0v) is 16.8. The van der Waals surface area contributed by atoms with Crippen molar-refractivity contribution in [2.45, 2.75) is 25.8 Å². The summed E-state index contributed by atoms with van der Waals surface area (Å²) in [7, 11) is 0. The van der Waals surface area contributed by atoms with Crippen LogP contribution < -0.4 is 0 Å². The van der Waals surface area contributed by atoms with E-state index in [4.69, 9.17) is 16.3 Å². The van der Waals surface area contributed by atoms with E-state index in [0.29, 0.717) is 44.2 Å². The number of hydrogen-bond acceptors (Lipinski definition) is 3. The van der Waals surface area contributed by atoms with Crippen molar-refractivity contribution in [3.63, 3.8) is 0 Å². The van der Waals surface area contributed by atoms with Gasteiger partial charge in [-0.1, -0.05) is 23.7 Å². The van der Waals surface area contributed by atoms with Gasteiger partial charge >= 0.3 is 6.09 Å². The Morgan fingerprint density at radius 3 is 2.25 bits per heavy atom. The topological polar surface area (TPSA) is 54.8 Å². The predicted molar refractivity (Wildman–Crippen MR) is 108 cm³/mol. The quantitative estimate of drug-likeness (QED) is 0.740. The number of hydrogen-bond donors (Lipinski definition) is 0. The summed E-state index contributed by atoms with van der Waals surface area (Å²) in [6, 6.07) is 11.7. The van der Waals surface area contributed by atoms with E-state index in [2.05, 4.69) is 4.57 Å². The Balaban J connectivity index is 1.63. The van der Waals surface area contributed by atoms with Crippen LogP contribution in [0.1, 0.15) is 24.8 Å². The third kappa shape index (κ3) is 5.29. The van der Waals surface area contributed by atoms with Crippen LogP contribution in [0.5, 0.6) is 0 Å². The van der Waals surface area contributed by atoms with Crippen LogP contribution in [0.4, 0.5) is 4.79 Å². The first-order valence-electron chi connectivity index (χ1n) is 9.62. The van der Waals surface area contributed by atoms with Crippen molar-refractivity contribution >= 4 is 23.6 Å². The minimum absolute atomic E-state index is 0.0558. The lowest BCUT2D eigenvalue weighted by Crippen LogP contribution is -2.51. The van der Waals surface area contributed by atoms with E-state index < -0.39 is 0 Å². The molecule has 1 aliphatic heterocycles. The van der Waals surface area contributed by atoms with Gasteiger partial charge in [0.2, 0.25) is 5.91 Å². The maximum Gasteiger partial charge on any atom is 0.409 e. The van der Waals surface area contributed by atoms with Crippen molar-refractivity contribution in [2.24, 2.45) is 0 Å². The average molecular weight is 404 g/mol. The molecule has 1 atom stereocenters. The number of benzene rings is 1. The highest BCUT2D eigenvalue weighted by molar-refractivity contribution is 6.30. The highest BCUT2D eigenvalue weighted by atomic mass is 35.5. The number of amides is 2. The number of aromatic nitrogens is 1. The van der Waals surface area contributed by atoms with E-state index >= 15 is 0 Å². The Morgan fingerprint density at radius 1 is 1.04 bits per heavy atom. The summed E-state index contributed by atoms with van der Waals surface area (Å²) >= 11 is 6.03. The SMILES string of the molecule is CCOC(=O)N1CCN(C(=O)C[C@@H](Cn2cccc2)c2ccc(Cl)cc2)CC1. The Bertz CT molecular complexity index is 769. The second-order valence-electron chi connectivity index (χ2n) is 6.90. The molecule has 2 aromatic rings. The van der Waals surface area contributed by atoms with Crippen LogP contribution in [0, 0.1) is 0 Å². The largest absolute Gasteiger partial charge is 0.450 e. The Hall–Kier alpha value is -2.47. The lowest BCUT2D eigenvalue weighted by Gasteiger charge is -2.34. The number of rotatable bonds is 6. The van der Waals surface area contributed by atoms with Gasteiger partial charge in [0.15, 0.2) is 0 Å². The third-order valence-corrected chi connectivity index (χ3v) is 5.27. The second-order valence-corrected chi connectivity index (χ2v) is 7.34. The molecule has 3 rings (SSSR count). The summed E-state index contributed by atoms with van der Waals surface area (Å²) in [5.74, 6) is 0.163. The molecule has 0 aliphatic carbocycles. The van der Waals surface area contributed by atoms with Gasteiger partial charge in [-0.05, 0) is 36.8 Å². The first-order valence-corrected chi connectivity index (χ1v) is 10.00. The van der Waals surface area contributed by atoms with Gasteiger partial charge in [-0.2, -0.15) is 0 Å². The molecule has 0 N–H and O–H groups in total. The number of piperazine rings is 1. The van der Waals surface area contributed by atoms with Gasteiger partial charge in [0.25, 0.3) is 0 Å². The summed E-state index contributed by atoms with van der Waals surface area (Å²) in [6.07, 6.45) is 4.12.